The molecule has 0 aliphatic carbocycles. The van der Waals surface area contributed by atoms with Crippen LogP contribution in [-0.2, 0) is 16.0 Å². The smallest absolute Gasteiger partial charge is 0.550 e. The van der Waals surface area contributed by atoms with Crippen LogP contribution < -0.4 is 34.7 Å². The van der Waals surface area contributed by atoms with Crippen LogP contribution in [-0.4, -0.2) is 16.7 Å². The summed E-state index contributed by atoms with van der Waals surface area (Å²) in [5.74, 6) is -1.69. The van der Waals surface area contributed by atoms with Crippen molar-refractivity contribution in [1.29, 1.82) is 0 Å². The summed E-state index contributed by atoms with van der Waals surface area (Å²) in [5, 5.41) is 12.3. The van der Waals surface area contributed by atoms with Crippen LogP contribution in [0.1, 0.15) is 32.3 Å². The summed E-state index contributed by atoms with van der Waals surface area (Å²) >= 11 is 0. The van der Waals surface area contributed by atoms with Crippen molar-refractivity contribution in [2.45, 2.75) is 33.1 Å². The molecule has 112 valence electrons. The first-order chi connectivity index (χ1) is 9.97. The molecule has 1 heterocycles. The van der Waals surface area contributed by atoms with Crippen molar-refractivity contribution in [3.8, 4) is 0 Å². The van der Waals surface area contributed by atoms with Crippen molar-refractivity contribution in [2.24, 2.45) is 11.8 Å². The minimum absolute atomic E-state index is 0. The normalized spacial score (nSPS) is 12.1. The Kier molecular flexibility index (Phi) is 7.33. The molecule has 0 aliphatic heterocycles. The molecule has 0 amide bonds. The van der Waals surface area contributed by atoms with E-state index in [1.807, 2.05) is 44.3 Å². The molecule has 0 bridgehead atoms. The van der Waals surface area contributed by atoms with Crippen LogP contribution in [0.15, 0.2) is 30.5 Å². The molecule has 1 aromatic carbocycles. The molecule has 2 aromatic rings. The summed E-state index contributed by atoms with van der Waals surface area (Å²) in [6.45, 7) is 3.90. The second-order valence-corrected chi connectivity index (χ2v) is 5.92. The Morgan fingerprint density at radius 1 is 1.18 bits per heavy atom. The number of Topliss-reactive ketones (excluding diaryl/α,β-unsaturated/α-hetero) is 1. The van der Waals surface area contributed by atoms with Crippen LogP contribution in [0, 0.1) is 11.8 Å². The third-order valence-corrected chi connectivity index (χ3v) is 3.58. The molecule has 0 fully saturated rings. The molecule has 0 aliphatic rings. The third-order valence-electron chi connectivity index (χ3n) is 3.58. The van der Waals surface area contributed by atoms with Crippen LogP contribution in [0.3, 0.4) is 0 Å². The minimum atomic E-state index is -1.16. The van der Waals surface area contributed by atoms with Gasteiger partial charge < -0.3 is 14.9 Å². The van der Waals surface area contributed by atoms with E-state index in [9.17, 15) is 14.7 Å². The van der Waals surface area contributed by atoms with Gasteiger partial charge in [0, 0.05) is 41.8 Å². The van der Waals surface area contributed by atoms with Crippen LogP contribution in [0.4, 0.5) is 0 Å². The number of H-pyrrole nitrogens is 1. The zero-order chi connectivity index (χ0) is 15.4. The predicted octanol–water partition coefficient (Wildman–Crippen LogP) is -0.914. The van der Waals surface area contributed by atoms with Crippen molar-refractivity contribution in [3.63, 3.8) is 0 Å². The number of aromatic amines is 1. The van der Waals surface area contributed by atoms with E-state index < -0.39 is 11.9 Å². The number of ketones is 1. The number of benzene rings is 1. The van der Waals surface area contributed by atoms with E-state index in [1.54, 1.807) is 0 Å². The SMILES string of the molecule is CC(C)CC(=O)CC(Cc1c[nH]c2ccccc12)C(=O)[O-].[Na+]. The fourth-order valence-corrected chi connectivity index (χ4v) is 2.62. The number of rotatable bonds is 7. The number of nitrogens with one attached hydrogen (secondary N) is 1. The number of carboxylic acids is 1. The van der Waals surface area contributed by atoms with Gasteiger partial charge in [0.15, 0.2) is 0 Å². The first-order valence-corrected chi connectivity index (χ1v) is 7.25. The first kappa shape index (κ1) is 18.9. The number of fused-ring (bicyclic) bond motifs is 1. The molecular formula is C17H20NNaO3. The Morgan fingerprint density at radius 2 is 1.86 bits per heavy atom. The van der Waals surface area contributed by atoms with Gasteiger partial charge in [-0.3, -0.25) is 4.79 Å². The summed E-state index contributed by atoms with van der Waals surface area (Å²) in [6, 6.07) is 7.73. The molecule has 2 rings (SSSR count). The van der Waals surface area contributed by atoms with Crippen LogP contribution >= 0.6 is 0 Å². The van der Waals surface area contributed by atoms with Gasteiger partial charge in [-0.05, 0) is 24.0 Å². The summed E-state index contributed by atoms with van der Waals surface area (Å²) in [4.78, 5) is 26.3. The van der Waals surface area contributed by atoms with Gasteiger partial charge in [-0.2, -0.15) is 0 Å². The number of aliphatic carboxylic acids is 1. The Balaban J connectivity index is 0.00000242. The molecule has 22 heavy (non-hydrogen) atoms. The Labute approximate surface area is 152 Å². The van der Waals surface area contributed by atoms with Gasteiger partial charge in [0.05, 0.1) is 0 Å². The number of hydrogen-bond donors (Lipinski definition) is 1. The van der Waals surface area contributed by atoms with E-state index in [0.717, 1.165) is 16.5 Å². The van der Waals surface area contributed by atoms with Crippen molar-refractivity contribution in [2.75, 3.05) is 0 Å². The quantitative estimate of drug-likeness (QED) is 0.673. The molecule has 4 nitrogen and oxygen atoms in total. The van der Waals surface area contributed by atoms with E-state index >= 15 is 0 Å². The average molecular weight is 309 g/mol. The van der Waals surface area contributed by atoms with E-state index in [2.05, 4.69) is 4.98 Å². The van der Waals surface area contributed by atoms with Crippen LogP contribution in [0.5, 0.6) is 0 Å². The number of aromatic nitrogens is 1. The standard InChI is InChI=1S/C17H21NO3.Na/c1-11(2)7-14(19)9-12(17(20)21)8-13-10-18-16-6-4-3-5-15(13)16;/h3-6,10-12,18H,7-9H2,1-2H3,(H,20,21);/q;+1/p-1. The van der Waals surface area contributed by atoms with Crippen molar-refractivity contribution in [1.82, 2.24) is 4.98 Å². The molecule has 0 spiro atoms. The number of hydrogen-bond acceptors (Lipinski definition) is 3. The number of carbonyl (C=O) groups is 2. The van der Waals surface area contributed by atoms with Gasteiger partial charge in [0.1, 0.15) is 5.78 Å². The van der Waals surface area contributed by atoms with Crippen molar-refractivity contribution in [3.05, 3.63) is 36.0 Å². The maximum absolute atomic E-state index is 11.9. The Hall–Kier alpha value is -1.10. The summed E-state index contributed by atoms with van der Waals surface area (Å²) in [5.41, 5.74) is 1.88. The van der Waals surface area contributed by atoms with E-state index in [0.29, 0.717) is 12.8 Å². The number of carboxylic acid groups (broad SMARTS) is 1. The van der Waals surface area contributed by atoms with Crippen molar-refractivity contribution >= 4 is 22.7 Å². The Bertz CT molecular complexity index is 648. The fraction of sp³-hybridized carbons (Fsp3) is 0.412. The largest absolute Gasteiger partial charge is 1.00 e. The average Bonchev–Trinajstić information content (AvgIpc) is 2.80. The van der Waals surface area contributed by atoms with Crippen molar-refractivity contribution < 1.29 is 44.3 Å². The maximum atomic E-state index is 11.9. The fourth-order valence-electron chi connectivity index (χ4n) is 2.62. The van der Waals surface area contributed by atoms with E-state index in [4.69, 9.17) is 0 Å². The van der Waals surface area contributed by atoms with Gasteiger partial charge in [0.25, 0.3) is 0 Å². The minimum Gasteiger partial charge on any atom is -0.550 e. The van der Waals surface area contributed by atoms with Crippen LogP contribution in [0.2, 0.25) is 0 Å². The molecule has 1 N–H and O–H groups in total. The second-order valence-electron chi connectivity index (χ2n) is 5.92. The zero-order valence-corrected chi connectivity index (χ0v) is 15.4. The van der Waals surface area contributed by atoms with Gasteiger partial charge in [-0.25, -0.2) is 0 Å². The third kappa shape index (κ3) is 4.97. The molecule has 0 radical (unpaired) electrons. The summed E-state index contributed by atoms with van der Waals surface area (Å²) in [7, 11) is 0. The maximum Gasteiger partial charge on any atom is 1.00 e. The zero-order valence-electron chi connectivity index (χ0n) is 13.4. The molecule has 1 unspecified atom stereocenters. The van der Waals surface area contributed by atoms with Gasteiger partial charge >= 0.3 is 29.6 Å². The van der Waals surface area contributed by atoms with E-state index in [-0.39, 0.29) is 47.7 Å². The predicted molar refractivity (Wildman–Crippen MR) is 79.6 cm³/mol. The summed E-state index contributed by atoms with van der Waals surface area (Å²) < 4.78 is 0. The molecule has 1 atom stereocenters. The number of carbonyl (C=O) groups excluding carboxylic acids is 2. The van der Waals surface area contributed by atoms with Crippen LogP contribution in [0.25, 0.3) is 10.9 Å². The molecule has 0 saturated heterocycles. The first-order valence-electron chi connectivity index (χ1n) is 7.25. The van der Waals surface area contributed by atoms with E-state index in [1.165, 1.54) is 0 Å². The molecule has 5 heteroatoms. The molecule has 0 saturated carbocycles. The molecule has 1 aromatic heterocycles. The van der Waals surface area contributed by atoms with Gasteiger partial charge in [0.2, 0.25) is 0 Å². The topological polar surface area (TPSA) is 73.0 Å². The Morgan fingerprint density at radius 3 is 2.50 bits per heavy atom. The van der Waals surface area contributed by atoms with Gasteiger partial charge in [-0.1, -0.05) is 32.0 Å². The van der Waals surface area contributed by atoms with Gasteiger partial charge in [-0.15, -0.1) is 0 Å². The molecular weight excluding hydrogens is 289 g/mol. The second kappa shape index (κ2) is 8.51. The summed E-state index contributed by atoms with van der Waals surface area (Å²) in [6.07, 6.45) is 2.58. The monoisotopic (exact) mass is 309 g/mol. The number of para-hydroxylation sites is 1.